The van der Waals surface area contributed by atoms with Crippen LogP contribution in [0.5, 0.6) is 0 Å². The third-order valence-electron chi connectivity index (χ3n) is 0.443. The molecule has 5 heteroatoms. The summed E-state index contributed by atoms with van der Waals surface area (Å²) in [6.07, 6.45) is 0. The van der Waals surface area contributed by atoms with Crippen LogP contribution < -0.4 is 0 Å². The predicted octanol–water partition coefficient (Wildman–Crippen LogP) is 1.24. The molecule has 0 aromatic heterocycles. The second-order valence-electron chi connectivity index (χ2n) is 1.25. The number of carbonyl (C=O) groups excluding carboxylic acids is 1. The maximum absolute atomic E-state index is 10.3. The van der Waals surface area contributed by atoms with Crippen molar-refractivity contribution in [3.63, 3.8) is 0 Å². The quantitative estimate of drug-likeness (QED) is 0.357. The summed E-state index contributed by atoms with van der Waals surface area (Å²) in [5.41, 5.74) is 0. The van der Waals surface area contributed by atoms with Crippen LogP contribution in [-0.4, -0.2) is 24.2 Å². The van der Waals surface area contributed by atoms with E-state index >= 15 is 0 Å². The number of nitrogens with zero attached hydrogens (tertiary/aromatic N) is 1. The largest absolute Gasteiger partial charge is 0.339 e. The van der Waals surface area contributed by atoms with Gasteiger partial charge in [-0.15, -0.1) is 11.7 Å². The van der Waals surface area contributed by atoms with Crippen molar-refractivity contribution >= 4 is 27.7 Å². The minimum absolute atomic E-state index is 0. The molecule has 8 heavy (non-hydrogen) atoms. The molecule has 0 unspecified atom stereocenters. The van der Waals surface area contributed by atoms with Gasteiger partial charge in [0.05, 0.1) is 0 Å². The van der Waals surface area contributed by atoms with Crippen molar-refractivity contribution in [1.29, 1.82) is 0 Å². The molecule has 0 atom stereocenters. The molecule has 0 saturated heterocycles. The molecule has 0 saturated carbocycles. The Morgan fingerprint density at radius 2 is 2.00 bits per heavy atom. The van der Waals surface area contributed by atoms with Crippen molar-refractivity contribution in [3.05, 3.63) is 0 Å². The number of carbonyl (C=O) groups is 1. The van der Waals surface area contributed by atoms with E-state index in [2.05, 4.69) is 11.7 Å². The van der Waals surface area contributed by atoms with Crippen LogP contribution in [0, 0.1) is 0 Å². The first-order valence-corrected chi connectivity index (χ1v) is 3.58. The Labute approximate surface area is 68.1 Å². The molecule has 0 aromatic rings. The summed E-state index contributed by atoms with van der Waals surface area (Å²) in [5, 5.41) is -0.0386. The van der Waals surface area contributed by atoms with E-state index < -0.39 is 0 Å². The standard InChI is InChI=1S/C3H7NOS2.Ni/c1-4(2)3(5)7-6;/h6H,1-2H3;. The topological polar surface area (TPSA) is 20.3 Å². The van der Waals surface area contributed by atoms with Crippen molar-refractivity contribution in [2.45, 2.75) is 0 Å². The fourth-order valence-corrected chi connectivity index (χ4v) is 0.735. The number of hydrogen-bond acceptors (Lipinski definition) is 3. The Hall–Kier alpha value is 0.664. The summed E-state index contributed by atoms with van der Waals surface area (Å²) in [6, 6.07) is 0. The van der Waals surface area contributed by atoms with Crippen LogP contribution >= 0.6 is 22.5 Å². The van der Waals surface area contributed by atoms with Crippen molar-refractivity contribution in [2.24, 2.45) is 0 Å². The monoisotopic (exact) mass is 195 g/mol. The second kappa shape index (κ2) is 5.79. The number of amides is 1. The van der Waals surface area contributed by atoms with Gasteiger partial charge in [-0.25, -0.2) is 0 Å². The third-order valence-corrected chi connectivity index (χ3v) is 1.43. The van der Waals surface area contributed by atoms with E-state index in [1.165, 1.54) is 4.90 Å². The number of thiol groups is 1. The van der Waals surface area contributed by atoms with Crippen LogP contribution in [0.3, 0.4) is 0 Å². The zero-order valence-electron chi connectivity index (χ0n) is 4.53. The maximum atomic E-state index is 10.3. The molecule has 0 rings (SSSR count). The van der Waals surface area contributed by atoms with Gasteiger partial charge in [0.25, 0.3) is 5.24 Å². The first-order chi connectivity index (χ1) is 3.18. The average Bonchev–Trinajstić information content (AvgIpc) is 1.65. The summed E-state index contributed by atoms with van der Waals surface area (Å²) in [7, 11) is 4.29. The molecule has 0 aliphatic heterocycles. The van der Waals surface area contributed by atoms with Gasteiger partial charge < -0.3 is 4.90 Å². The minimum atomic E-state index is -0.0386. The molecule has 0 fully saturated rings. The zero-order valence-corrected chi connectivity index (χ0v) is 7.23. The summed E-state index contributed by atoms with van der Waals surface area (Å²) < 4.78 is 0. The van der Waals surface area contributed by atoms with Gasteiger partial charge in [-0.05, 0) is 0 Å². The van der Waals surface area contributed by atoms with Crippen LogP contribution in [0.2, 0.25) is 0 Å². The van der Waals surface area contributed by atoms with Gasteiger partial charge in [0.1, 0.15) is 0 Å². The molecule has 52 valence electrons. The van der Waals surface area contributed by atoms with Gasteiger partial charge in [-0.1, -0.05) is 0 Å². The van der Waals surface area contributed by atoms with Crippen LogP contribution in [0.15, 0.2) is 0 Å². The first-order valence-electron chi connectivity index (χ1n) is 1.71. The Bertz CT molecular complexity index is 77.7. The minimum Gasteiger partial charge on any atom is -0.339 e. The van der Waals surface area contributed by atoms with Crippen molar-refractivity contribution in [3.8, 4) is 0 Å². The van der Waals surface area contributed by atoms with E-state index in [4.69, 9.17) is 0 Å². The normalized spacial score (nSPS) is 7.38. The summed E-state index contributed by atoms with van der Waals surface area (Å²) in [4.78, 5) is 11.8. The van der Waals surface area contributed by atoms with Gasteiger partial charge in [-0.2, -0.15) is 0 Å². The molecule has 0 radical (unpaired) electrons. The van der Waals surface area contributed by atoms with Gasteiger partial charge >= 0.3 is 0 Å². The molecule has 0 aliphatic rings. The zero-order chi connectivity index (χ0) is 5.86. The van der Waals surface area contributed by atoms with Gasteiger partial charge in [0, 0.05) is 41.4 Å². The molecule has 2 nitrogen and oxygen atoms in total. The Kier molecular flexibility index (Phi) is 8.30. The van der Waals surface area contributed by atoms with E-state index in [0.717, 1.165) is 10.8 Å². The molecule has 0 N–H and O–H groups in total. The van der Waals surface area contributed by atoms with E-state index in [-0.39, 0.29) is 21.7 Å². The van der Waals surface area contributed by atoms with Crippen LogP contribution in [0.1, 0.15) is 0 Å². The first kappa shape index (κ1) is 11.5. The molecule has 0 spiro atoms. The summed E-state index contributed by atoms with van der Waals surface area (Å²) in [6.45, 7) is 0. The van der Waals surface area contributed by atoms with E-state index in [9.17, 15) is 4.79 Å². The molecule has 0 heterocycles. The SMILES string of the molecule is CN(C)C(=O)SS.[Ni]. The van der Waals surface area contributed by atoms with Crippen LogP contribution in [-0.2, 0) is 16.5 Å². The average molecular weight is 196 g/mol. The molecule has 0 bridgehead atoms. The van der Waals surface area contributed by atoms with Gasteiger partial charge in [-0.3, -0.25) is 4.79 Å². The predicted molar refractivity (Wildman–Crippen MR) is 35.7 cm³/mol. The number of hydrogen-bond donors (Lipinski definition) is 1. The number of rotatable bonds is 0. The molecule has 0 aromatic carbocycles. The maximum Gasteiger partial charge on any atom is 0.291 e. The van der Waals surface area contributed by atoms with E-state index in [0.29, 0.717) is 0 Å². The fraction of sp³-hybridized carbons (Fsp3) is 0.667. The molecular weight excluding hydrogens is 189 g/mol. The third kappa shape index (κ3) is 4.81. The Balaban J connectivity index is 0. The van der Waals surface area contributed by atoms with Gasteiger partial charge in [0.2, 0.25) is 0 Å². The fourth-order valence-electron chi connectivity index (χ4n) is 0.0816. The molecular formula is C3H7NNiOS2. The van der Waals surface area contributed by atoms with Crippen LogP contribution in [0.25, 0.3) is 0 Å². The smallest absolute Gasteiger partial charge is 0.291 e. The Morgan fingerprint density at radius 1 is 1.62 bits per heavy atom. The van der Waals surface area contributed by atoms with Crippen LogP contribution in [0.4, 0.5) is 4.79 Å². The van der Waals surface area contributed by atoms with Crippen molar-refractivity contribution < 1.29 is 21.3 Å². The molecule has 1 amide bonds. The van der Waals surface area contributed by atoms with Crippen molar-refractivity contribution in [1.82, 2.24) is 4.90 Å². The van der Waals surface area contributed by atoms with Crippen molar-refractivity contribution in [2.75, 3.05) is 14.1 Å². The van der Waals surface area contributed by atoms with E-state index in [1.807, 2.05) is 0 Å². The summed E-state index contributed by atoms with van der Waals surface area (Å²) >= 11 is 3.68. The van der Waals surface area contributed by atoms with E-state index in [1.54, 1.807) is 14.1 Å². The van der Waals surface area contributed by atoms with Gasteiger partial charge in [0.15, 0.2) is 0 Å². The Morgan fingerprint density at radius 3 is 2.00 bits per heavy atom. The second-order valence-corrected chi connectivity index (χ2v) is 2.33. The molecule has 0 aliphatic carbocycles. The summed E-state index contributed by atoms with van der Waals surface area (Å²) in [5.74, 6) is 0.